The second kappa shape index (κ2) is 4.79. The number of aliphatic hydroxyl groups is 1. The van der Waals surface area contributed by atoms with Gasteiger partial charge in [0.05, 0.1) is 0 Å². The topological polar surface area (TPSA) is 80.4 Å². The zero-order valence-corrected chi connectivity index (χ0v) is 13.0. The third-order valence-electron chi connectivity index (χ3n) is 2.06. The molecule has 2 atom stereocenters. The van der Waals surface area contributed by atoms with Crippen LogP contribution >= 0.6 is 38.5 Å². The summed E-state index contributed by atoms with van der Waals surface area (Å²) in [6.07, 6.45) is -0.0990. The quantitative estimate of drug-likeness (QED) is 0.445. The van der Waals surface area contributed by atoms with Crippen molar-refractivity contribution in [2.75, 3.05) is 12.0 Å². The second-order valence-electron chi connectivity index (χ2n) is 3.40. The van der Waals surface area contributed by atoms with E-state index in [0.717, 1.165) is 6.26 Å². The summed E-state index contributed by atoms with van der Waals surface area (Å²) in [6.45, 7) is 0. The molecule has 0 heterocycles. The van der Waals surface area contributed by atoms with Crippen molar-refractivity contribution in [3.8, 4) is 0 Å². The molecule has 3 N–H and O–H groups in total. The minimum Gasteiger partial charge on any atom is -0.399 e. The maximum absolute atomic E-state index is 11.5. The molecule has 0 aliphatic rings. The standard InChI is InChI=1S/C9H11BrINO3S/c1-16(14,15)9(10,11)8(13)6-2-4-7(12)5-3-6/h2-5,8,13H,12H2,1H3. The summed E-state index contributed by atoms with van der Waals surface area (Å²) in [5.74, 6) is 0. The number of rotatable bonds is 3. The number of hydrogen-bond donors (Lipinski definition) is 2. The minimum absolute atomic E-state index is 0.492. The van der Waals surface area contributed by atoms with Crippen LogP contribution in [0.5, 0.6) is 0 Å². The van der Waals surface area contributed by atoms with Crippen molar-refractivity contribution >= 4 is 54.0 Å². The van der Waals surface area contributed by atoms with Crippen LogP contribution in [0.4, 0.5) is 5.69 Å². The van der Waals surface area contributed by atoms with E-state index in [9.17, 15) is 13.5 Å². The van der Waals surface area contributed by atoms with Crippen molar-refractivity contribution in [3.63, 3.8) is 0 Å². The van der Waals surface area contributed by atoms with Crippen molar-refractivity contribution in [3.05, 3.63) is 29.8 Å². The highest BCUT2D eigenvalue weighted by molar-refractivity contribution is 14.1. The number of sulfone groups is 1. The Bertz CT molecular complexity index is 472. The third kappa shape index (κ3) is 2.88. The fourth-order valence-corrected chi connectivity index (χ4v) is 2.24. The summed E-state index contributed by atoms with van der Waals surface area (Å²) >= 11 is 4.71. The molecule has 1 aromatic carbocycles. The van der Waals surface area contributed by atoms with Gasteiger partial charge < -0.3 is 10.8 Å². The van der Waals surface area contributed by atoms with Gasteiger partial charge in [-0.05, 0) is 40.3 Å². The molecule has 0 saturated carbocycles. The Morgan fingerprint density at radius 1 is 1.44 bits per heavy atom. The van der Waals surface area contributed by atoms with Crippen molar-refractivity contribution in [1.82, 2.24) is 0 Å². The van der Waals surface area contributed by atoms with Crippen molar-refractivity contribution < 1.29 is 13.5 Å². The van der Waals surface area contributed by atoms with Crippen LogP contribution < -0.4 is 5.73 Å². The van der Waals surface area contributed by atoms with E-state index in [4.69, 9.17) is 5.73 Å². The van der Waals surface area contributed by atoms with Gasteiger partial charge in [0.2, 0.25) is 1.66 Å². The summed E-state index contributed by atoms with van der Waals surface area (Å²) < 4.78 is 21.6. The molecule has 0 bridgehead atoms. The monoisotopic (exact) mass is 419 g/mol. The Morgan fingerprint density at radius 3 is 2.25 bits per heavy atom. The zero-order valence-electron chi connectivity index (χ0n) is 8.39. The van der Waals surface area contributed by atoms with E-state index in [1.807, 2.05) is 0 Å². The summed E-state index contributed by atoms with van der Waals surface area (Å²) in [7, 11) is -3.44. The number of nitrogens with two attached hydrogens (primary N) is 1. The average Bonchev–Trinajstić information content (AvgIpc) is 2.16. The molecule has 0 aliphatic carbocycles. The van der Waals surface area contributed by atoms with E-state index in [-0.39, 0.29) is 0 Å². The Hall–Kier alpha value is 0.140. The molecule has 16 heavy (non-hydrogen) atoms. The zero-order chi connectivity index (χ0) is 12.6. The summed E-state index contributed by atoms with van der Waals surface area (Å²) in [4.78, 5) is 0. The molecule has 0 amide bonds. The highest BCUT2D eigenvalue weighted by atomic mass is 127. The Balaban J connectivity index is 3.12. The van der Waals surface area contributed by atoms with Crippen LogP contribution in [-0.2, 0) is 9.84 Å². The number of halogens is 2. The molecule has 0 radical (unpaired) electrons. The largest absolute Gasteiger partial charge is 0.399 e. The number of nitrogen functional groups attached to an aromatic ring is 1. The molecule has 2 unspecified atom stereocenters. The molecule has 7 heteroatoms. The van der Waals surface area contributed by atoms with Gasteiger partial charge in [-0.1, -0.05) is 28.1 Å². The van der Waals surface area contributed by atoms with Crippen LogP contribution in [0.2, 0.25) is 0 Å². The van der Waals surface area contributed by atoms with Gasteiger partial charge in [-0.3, -0.25) is 0 Å². The first-order valence-electron chi connectivity index (χ1n) is 4.27. The summed E-state index contributed by atoms with van der Waals surface area (Å²) in [5.41, 5.74) is 6.56. The van der Waals surface area contributed by atoms with Gasteiger partial charge in [-0.15, -0.1) is 0 Å². The number of benzene rings is 1. The Labute approximate surface area is 116 Å². The molecule has 4 nitrogen and oxygen atoms in total. The molecule has 90 valence electrons. The Morgan fingerprint density at radius 2 is 1.88 bits per heavy atom. The molecule has 0 aromatic heterocycles. The van der Waals surface area contributed by atoms with E-state index < -0.39 is 17.6 Å². The van der Waals surface area contributed by atoms with Crippen LogP contribution in [0, 0.1) is 0 Å². The van der Waals surface area contributed by atoms with E-state index in [2.05, 4.69) is 15.9 Å². The first-order valence-corrected chi connectivity index (χ1v) is 8.03. The first kappa shape index (κ1) is 14.2. The molecule has 1 aromatic rings. The molecule has 0 saturated heterocycles. The van der Waals surface area contributed by atoms with E-state index >= 15 is 0 Å². The highest BCUT2D eigenvalue weighted by Gasteiger charge is 2.43. The van der Waals surface area contributed by atoms with Gasteiger partial charge in [0, 0.05) is 11.9 Å². The molecule has 0 spiro atoms. The van der Waals surface area contributed by atoms with Crippen LogP contribution in [0.25, 0.3) is 0 Å². The average molecular weight is 420 g/mol. The lowest BCUT2D eigenvalue weighted by Crippen LogP contribution is -2.31. The lowest BCUT2D eigenvalue weighted by Gasteiger charge is -2.25. The number of anilines is 1. The third-order valence-corrected chi connectivity index (χ3v) is 8.46. The van der Waals surface area contributed by atoms with Crippen LogP contribution in [0.1, 0.15) is 11.7 Å². The molecular weight excluding hydrogens is 409 g/mol. The van der Waals surface area contributed by atoms with E-state index in [0.29, 0.717) is 11.3 Å². The molecular formula is C9H11BrINO3S. The van der Waals surface area contributed by atoms with Gasteiger partial charge in [0.15, 0.2) is 9.84 Å². The fourth-order valence-electron chi connectivity index (χ4n) is 1.08. The smallest absolute Gasteiger partial charge is 0.206 e. The number of hydrogen-bond acceptors (Lipinski definition) is 4. The van der Waals surface area contributed by atoms with Crippen molar-refractivity contribution in [2.45, 2.75) is 7.77 Å². The maximum Gasteiger partial charge on any atom is 0.206 e. The highest BCUT2D eigenvalue weighted by Crippen LogP contribution is 2.44. The maximum atomic E-state index is 11.5. The minimum atomic E-state index is -3.44. The second-order valence-corrected chi connectivity index (χ2v) is 11.3. The summed E-state index contributed by atoms with van der Waals surface area (Å²) in [5, 5.41) is 10.0. The number of alkyl halides is 2. The number of aliphatic hydroxyl groups excluding tert-OH is 1. The lowest BCUT2D eigenvalue weighted by atomic mass is 10.1. The predicted molar refractivity (Wildman–Crippen MR) is 76.3 cm³/mol. The summed E-state index contributed by atoms with van der Waals surface area (Å²) in [6, 6.07) is 6.42. The van der Waals surface area contributed by atoms with Crippen molar-refractivity contribution in [2.24, 2.45) is 0 Å². The fraction of sp³-hybridized carbons (Fsp3) is 0.333. The first-order chi connectivity index (χ1) is 7.16. The van der Waals surface area contributed by atoms with E-state index in [1.54, 1.807) is 46.9 Å². The van der Waals surface area contributed by atoms with Crippen LogP contribution in [0.15, 0.2) is 24.3 Å². The van der Waals surface area contributed by atoms with Gasteiger partial charge in [-0.2, -0.15) is 0 Å². The SMILES string of the molecule is CS(=O)(=O)C(Br)(I)C(O)c1ccc(N)cc1. The van der Waals surface area contributed by atoms with Crippen LogP contribution in [0.3, 0.4) is 0 Å². The molecule has 0 aliphatic heterocycles. The van der Waals surface area contributed by atoms with Gasteiger partial charge in [-0.25, -0.2) is 8.42 Å². The molecule has 0 fully saturated rings. The normalized spacial score (nSPS) is 17.8. The van der Waals surface area contributed by atoms with Gasteiger partial charge >= 0.3 is 0 Å². The Kier molecular flexibility index (Phi) is 4.25. The molecule has 1 rings (SSSR count). The van der Waals surface area contributed by atoms with Crippen LogP contribution in [-0.4, -0.2) is 21.4 Å². The van der Waals surface area contributed by atoms with Crippen molar-refractivity contribution in [1.29, 1.82) is 0 Å². The van der Waals surface area contributed by atoms with Gasteiger partial charge in [0.1, 0.15) is 6.10 Å². The van der Waals surface area contributed by atoms with Gasteiger partial charge in [0.25, 0.3) is 0 Å². The lowest BCUT2D eigenvalue weighted by molar-refractivity contribution is 0.191. The predicted octanol–water partition coefficient (Wildman–Crippen LogP) is 1.83. The van der Waals surface area contributed by atoms with E-state index in [1.165, 1.54) is 0 Å².